The second kappa shape index (κ2) is 18.6. The lowest BCUT2D eigenvalue weighted by molar-refractivity contribution is -0.873. The van der Waals surface area contributed by atoms with Crippen LogP contribution in [0.3, 0.4) is 0 Å². The van der Waals surface area contributed by atoms with Gasteiger partial charge in [-0.15, -0.1) is 11.8 Å². The van der Waals surface area contributed by atoms with Gasteiger partial charge >= 0.3 is 13.8 Å². The van der Waals surface area contributed by atoms with Crippen molar-refractivity contribution in [2.45, 2.75) is 90.1 Å². The van der Waals surface area contributed by atoms with Gasteiger partial charge in [0.15, 0.2) is 0 Å². The first kappa shape index (κ1) is 32.2. The van der Waals surface area contributed by atoms with Crippen LogP contribution in [0.1, 0.15) is 84.0 Å². The van der Waals surface area contributed by atoms with Crippen LogP contribution in [0, 0.1) is 11.8 Å². The lowest BCUT2D eigenvalue weighted by atomic mass is 10.1. The molecule has 0 aliphatic carbocycles. The molecule has 9 heteroatoms. The highest BCUT2D eigenvalue weighted by Gasteiger charge is 2.31. The lowest BCUT2D eigenvalue weighted by Crippen LogP contribution is -2.42. The minimum Gasteiger partial charge on any atom is -0.870 e. The highest BCUT2D eigenvalue weighted by atomic mass is 31.2. The number of quaternary nitrogens is 1. The molecule has 0 saturated heterocycles. The maximum Gasteiger partial charge on any atom is 0.472 e. The summed E-state index contributed by atoms with van der Waals surface area (Å²) in [6.07, 6.45) is 10.5. The summed E-state index contributed by atoms with van der Waals surface area (Å²) in [4.78, 5) is 20.8. The van der Waals surface area contributed by atoms with E-state index < -0.39 is 19.9 Å². The van der Waals surface area contributed by atoms with E-state index in [0.29, 0.717) is 17.4 Å². The third-order valence-electron chi connectivity index (χ3n) is 4.42. The van der Waals surface area contributed by atoms with E-state index in [-0.39, 0.29) is 18.5 Å². The number of carboxylic acid groups (broad SMARTS) is 1. The van der Waals surface area contributed by atoms with E-state index in [0.717, 1.165) is 32.1 Å². The Hall–Kier alpha value is -0.940. The van der Waals surface area contributed by atoms with E-state index in [9.17, 15) is 14.3 Å². The van der Waals surface area contributed by atoms with Crippen LogP contribution >= 0.6 is 7.82 Å². The van der Waals surface area contributed by atoms with E-state index in [1.54, 1.807) is 0 Å². The average Bonchev–Trinajstić information content (AvgIpc) is 2.59. The van der Waals surface area contributed by atoms with Gasteiger partial charge in [0.05, 0.1) is 34.2 Å². The highest BCUT2D eigenvalue weighted by molar-refractivity contribution is 7.47. The molecule has 0 aromatic carbocycles. The third kappa shape index (κ3) is 23.5. The zero-order valence-electron chi connectivity index (χ0n) is 19.8. The van der Waals surface area contributed by atoms with Crippen molar-refractivity contribution >= 4 is 13.8 Å². The van der Waals surface area contributed by atoms with Gasteiger partial charge in [-0.1, -0.05) is 45.4 Å². The number of phosphoric ester groups is 1. The topological polar surface area (TPSA) is 123 Å². The zero-order chi connectivity index (χ0) is 22.9. The predicted octanol–water partition coefficient (Wildman–Crippen LogP) is 4.81. The van der Waals surface area contributed by atoms with E-state index in [1.165, 1.54) is 32.1 Å². The number of hydrogen-bond donors (Lipinski definition) is 2. The molecule has 31 heavy (non-hydrogen) atoms. The molecule has 0 amide bonds. The average molecular weight is 466 g/mol. The van der Waals surface area contributed by atoms with Crippen LogP contribution in [0.5, 0.6) is 0 Å². The summed E-state index contributed by atoms with van der Waals surface area (Å²) < 4.78 is 22.6. The molecule has 184 valence electrons. The molecule has 0 fully saturated rings. The Morgan fingerprint density at radius 3 is 1.97 bits per heavy atom. The van der Waals surface area contributed by atoms with Crippen LogP contribution < -0.4 is 0 Å². The second-order valence-corrected chi connectivity index (χ2v) is 10.2. The van der Waals surface area contributed by atoms with Crippen LogP contribution in [0.4, 0.5) is 0 Å². The summed E-state index contributed by atoms with van der Waals surface area (Å²) in [5, 5.41) is 8.98. The smallest absolute Gasteiger partial charge is 0.472 e. The Kier molecular flexibility index (Phi) is 19.4. The number of rotatable bonds is 18. The molecule has 0 rings (SSSR count). The molecule has 3 N–H and O–H groups in total. The molecule has 8 nitrogen and oxygen atoms in total. The van der Waals surface area contributed by atoms with Crippen molar-refractivity contribution in [2.24, 2.45) is 0 Å². The van der Waals surface area contributed by atoms with Crippen LogP contribution in [0.2, 0.25) is 0 Å². The number of nitrogens with zero attached hydrogens (tertiary/aromatic N) is 1. The number of unbranched alkanes of at least 4 members (excludes halogenated alkanes) is 9. The fourth-order valence-electron chi connectivity index (χ4n) is 3.00. The Labute approximate surface area is 188 Å². The first-order chi connectivity index (χ1) is 14.1. The Balaban J connectivity index is 0. The number of carbonyl (C=O) groups is 1. The number of phosphoric acid groups is 1. The first-order valence-corrected chi connectivity index (χ1v) is 12.7. The zero-order valence-corrected chi connectivity index (χ0v) is 20.7. The quantitative estimate of drug-likeness (QED) is 0.129. The van der Waals surface area contributed by atoms with E-state index >= 15 is 0 Å². The van der Waals surface area contributed by atoms with Crippen molar-refractivity contribution in [2.75, 3.05) is 34.3 Å². The molecule has 2 atom stereocenters. The number of carboxylic acids is 1. The minimum atomic E-state index is -4.27. The molecule has 0 radical (unpaired) electrons. The normalized spacial score (nSPS) is 14.1. The molecule has 0 spiro atoms. The van der Waals surface area contributed by atoms with E-state index in [1.807, 2.05) is 21.1 Å². The van der Waals surface area contributed by atoms with Gasteiger partial charge in [0.1, 0.15) is 12.6 Å². The summed E-state index contributed by atoms with van der Waals surface area (Å²) in [6.45, 7) is 2.62. The van der Waals surface area contributed by atoms with E-state index in [4.69, 9.17) is 14.2 Å². The van der Waals surface area contributed by atoms with Gasteiger partial charge in [0.2, 0.25) is 0 Å². The minimum absolute atomic E-state index is 0. The van der Waals surface area contributed by atoms with Gasteiger partial charge in [-0.3, -0.25) is 13.8 Å². The molecular weight excluding hydrogens is 421 g/mol. The molecule has 0 saturated carbocycles. The molecule has 1 unspecified atom stereocenters. The maximum absolute atomic E-state index is 12.1. The van der Waals surface area contributed by atoms with Crippen LogP contribution in [-0.2, 0) is 18.4 Å². The summed E-state index contributed by atoms with van der Waals surface area (Å²) in [7, 11) is 1.31. The van der Waals surface area contributed by atoms with Crippen molar-refractivity contribution < 1.29 is 38.4 Å². The van der Waals surface area contributed by atoms with Gasteiger partial charge in [-0.2, -0.15) is 0 Å². The summed E-state index contributed by atoms with van der Waals surface area (Å²) >= 11 is 0. The first-order valence-electron chi connectivity index (χ1n) is 11.2. The fraction of sp³-hybridized carbons (Fsp3) is 0.864. The molecule has 0 aliphatic rings. The number of hydrogen-bond acceptors (Lipinski definition) is 5. The monoisotopic (exact) mass is 465 g/mol. The fourth-order valence-corrected chi connectivity index (χ4v) is 3.94. The second-order valence-electron chi connectivity index (χ2n) is 8.78. The SMILES string of the molecule is CCCCCCCC#CCCCCCCOP(=O)(O)O[C@H](CC(=O)O)C[N+](C)(C)C.[OH-]. The van der Waals surface area contributed by atoms with Gasteiger partial charge < -0.3 is 20.0 Å². The molecule has 0 heterocycles. The Morgan fingerprint density at radius 2 is 1.48 bits per heavy atom. The molecule has 0 aromatic heterocycles. The standard InChI is InChI=1S/C22H42NO6P.H2O/c1-5-6-7-8-9-10-11-12-13-14-15-16-17-18-28-30(26,27)29-21(19-22(24)25)20-23(2,3)4;/h21H,5-10,13-20H2,1-4H3,(H-,24,25,26,27);1H2/t21-;/m1./s1. The maximum atomic E-state index is 12.1. The van der Waals surface area contributed by atoms with Gasteiger partial charge in [-0.05, 0) is 19.3 Å². The van der Waals surface area contributed by atoms with E-state index in [2.05, 4.69) is 18.8 Å². The van der Waals surface area contributed by atoms with Crippen molar-refractivity contribution in [3.63, 3.8) is 0 Å². The van der Waals surface area contributed by atoms with Gasteiger partial charge in [0.25, 0.3) is 0 Å². The summed E-state index contributed by atoms with van der Waals surface area (Å²) in [5.74, 6) is 5.36. The summed E-state index contributed by atoms with van der Waals surface area (Å²) in [6, 6.07) is 0. The number of likely N-dealkylation sites (N-methyl/N-ethyl adjacent to an activating group) is 1. The van der Waals surface area contributed by atoms with Crippen LogP contribution in [-0.4, -0.2) is 66.3 Å². The molecule has 0 aromatic rings. The van der Waals surface area contributed by atoms with Crippen LogP contribution in [0.25, 0.3) is 0 Å². The Morgan fingerprint density at radius 1 is 0.968 bits per heavy atom. The lowest BCUT2D eigenvalue weighted by Gasteiger charge is -2.29. The van der Waals surface area contributed by atoms with Crippen LogP contribution in [0.15, 0.2) is 0 Å². The summed E-state index contributed by atoms with van der Waals surface area (Å²) in [5.41, 5.74) is 0. The van der Waals surface area contributed by atoms with Crippen molar-refractivity contribution in [1.29, 1.82) is 0 Å². The third-order valence-corrected chi connectivity index (χ3v) is 5.49. The Bertz CT molecular complexity index is 566. The van der Waals surface area contributed by atoms with Crippen molar-refractivity contribution in [3.8, 4) is 11.8 Å². The molecule has 0 bridgehead atoms. The van der Waals surface area contributed by atoms with Crippen molar-refractivity contribution in [1.82, 2.24) is 0 Å². The highest BCUT2D eigenvalue weighted by Crippen LogP contribution is 2.45. The number of aliphatic carboxylic acids is 1. The predicted molar refractivity (Wildman–Crippen MR) is 122 cm³/mol. The largest absolute Gasteiger partial charge is 0.870 e. The van der Waals surface area contributed by atoms with Gasteiger partial charge in [0, 0.05) is 12.8 Å². The van der Waals surface area contributed by atoms with Crippen molar-refractivity contribution in [3.05, 3.63) is 0 Å². The van der Waals surface area contributed by atoms with Gasteiger partial charge in [-0.25, -0.2) is 4.57 Å². The molecule has 0 aliphatic heterocycles. The molecular formula is C22H44NO7P.